The van der Waals surface area contributed by atoms with Crippen molar-refractivity contribution in [2.24, 2.45) is 0 Å². The van der Waals surface area contributed by atoms with Crippen LogP contribution in [0, 0.1) is 0 Å². The van der Waals surface area contributed by atoms with Gasteiger partial charge in [0.05, 0.1) is 21.3 Å². The van der Waals surface area contributed by atoms with Crippen LogP contribution in [0.3, 0.4) is 0 Å². The number of thiazole rings is 1. The molecule has 3 heterocycles. The molecule has 0 fully saturated rings. The molecular formula is C19H10Cl3N5OS. The normalized spacial score (nSPS) is 11.4. The van der Waals surface area contributed by atoms with Crippen molar-refractivity contribution in [3.8, 4) is 11.3 Å². The molecule has 0 aliphatic rings. The summed E-state index contributed by atoms with van der Waals surface area (Å²) < 4.78 is 1.64. The Morgan fingerprint density at radius 2 is 1.97 bits per heavy atom. The average molecular weight is 463 g/mol. The first-order chi connectivity index (χ1) is 14.0. The third-order valence-corrected chi connectivity index (χ3v) is 6.04. The maximum Gasteiger partial charge on any atom is 0.274 e. The second-order valence-electron chi connectivity index (χ2n) is 6.22. The number of hydrogen-bond donors (Lipinski definition) is 2. The van der Waals surface area contributed by atoms with E-state index in [0.717, 1.165) is 16.6 Å². The van der Waals surface area contributed by atoms with Crippen molar-refractivity contribution in [3.05, 3.63) is 68.6 Å². The summed E-state index contributed by atoms with van der Waals surface area (Å²) in [4.78, 5) is 20.7. The molecule has 144 valence electrons. The number of nitrogens with one attached hydrogen (secondary N) is 2. The third kappa shape index (κ3) is 3.26. The lowest BCUT2D eigenvalue weighted by Gasteiger charge is -2.02. The largest absolute Gasteiger partial charge is 0.349 e. The van der Waals surface area contributed by atoms with Crippen molar-refractivity contribution in [1.82, 2.24) is 19.6 Å². The van der Waals surface area contributed by atoms with Gasteiger partial charge < -0.3 is 4.98 Å². The summed E-state index contributed by atoms with van der Waals surface area (Å²) in [6.45, 7) is 0. The molecule has 0 spiro atoms. The van der Waals surface area contributed by atoms with Gasteiger partial charge in [0.2, 0.25) is 4.96 Å². The number of H-pyrrole nitrogens is 1. The Labute approximate surface area is 183 Å². The standard InChI is InChI=1S/C19H10Cl3N5OS/c20-10-4-5-11(13(22)7-10)15-8-29-19-25-18(26-27(15)19)24-17(28)14-6-9-2-1-3-12(21)16(9)23-14/h1-8,23H,(H,24,26,28). The minimum atomic E-state index is -0.360. The van der Waals surface area contributed by atoms with E-state index in [1.54, 1.807) is 28.8 Å². The Hall–Kier alpha value is -2.58. The summed E-state index contributed by atoms with van der Waals surface area (Å²) in [6.07, 6.45) is 0. The second-order valence-corrected chi connectivity index (χ2v) is 8.30. The van der Waals surface area contributed by atoms with Gasteiger partial charge in [-0.2, -0.15) is 4.98 Å². The van der Waals surface area contributed by atoms with Crippen molar-refractivity contribution in [2.75, 3.05) is 5.32 Å². The number of carbonyl (C=O) groups excluding carboxylic acids is 1. The highest BCUT2D eigenvalue weighted by Crippen LogP contribution is 2.33. The summed E-state index contributed by atoms with van der Waals surface area (Å²) in [7, 11) is 0. The lowest BCUT2D eigenvalue weighted by Crippen LogP contribution is -2.13. The number of nitrogens with zero attached hydrogens (tertiary/aromatic N) is 3. The average Bonchev–Trinajstić information content (AvgIpc) is 3.36. The van der Waals surface area contributed by atoms with E-state index >= 15 is 0 Å². The summed E-state index contributed by atoms with van der Waals surface area (Å²) in [5, 5.41) is 11.5. The van der Waals surface area contributed by atoms with Crippen molar-refractivity contribution in [1.29, 1.82) is 0 Å². The number of benzene rings is 2. The van der Waals surface area contributed by atoms with E-state index < -0.39 is 0 Å². The number of rotatable bonds is 3. The lowest BCUT2D eigenvalue weighted by atomic mass is 10.2. The molecule has 29 heavy (non-hydrogen) atoms. The predicted molar refractivity (Wildman–Crippen MR) is 118 cm³/mol. The monoisotopic (exact) mass is 461 g/mol. The summed E-state index contributed by atoms with van der Waals surface area (Å²) in [5.74, 6) is -0.167. The van der Waals surface area contributed by atoms with E-state index in [2.05, 4.69) is 20.4 Å². The zero-order valence-electron chi connectivity index (χ0n) is 14.4. The number of fused-ring (bicyclic) bond motifs is 2. The van der Waals surface area contributed by atoms with Gasteiger partial charge in [0.15, 0.2) is 0 Å². The smallest absolute Gasteiger partial charge is 0.274 e. The predicted octanol–water partition coefficient (Wildman–Crippen LogP) is 6.15. The van der Waals surface area contributed by atoms with Crippen LogP contribution in [0.25, 0.3) is 27.1 Å². The molecule has 0 aliphatic carbocycles. The van der Waals surface area contributed by atoms with Crippen LogP contribution in [0.5, 0.6) is 0 Å². The summed E-state index contributed by atoms with van der Waals surface area (Å²) in [5.41, 5.74) is 2.61. The maximum atomic E-state index is 12.6. The summed E-state index contributed by atoms with van der Waals surface area (Å²) in [6, 6.07) is 12.4. The quantitative estimate of drug-likeness (QED) is 0.337. The van der Waals surface area contributed by atoms with Gasteiger partial charge in [0, 0.05) is 21.4 Å². The Kier molecular flexibility index (Phi) is 4.48. The Morgan fingerprint density at radius 1 is 1.10 bits per heavy atom. The number of aromatic nitrogens is 4. The van der Waals surface area contributed by atoms with Gasteiger partial charge in [0.1, 0.15) is 5.69 Å². The van der Waals surface area contributed by atoms with Crippen LogP contribution in [-0.2, 0) is 0 Å². The Morgan fingerprint density at radius 3 is 2.76 bits per heavy atom. The van der Waals surface area contributed by atoms with Crippen molar-refractivity contribution in [3.63, 3.8) is 0 Å². The van der Waals surface area contributed by atoms with Gasteiger partial charge in [-0.15, -0.1) is 16.4 Å². The van der Waals surface area contributed by atoms with Crippen LogP contribution in [0.2, 0.25) is 15.1 Å². The SMILES string of the molecule is O=C(Nc1nc2scc(-c3ccc(Cl)cc3Cl)n2n1)c1cc2cccc(Cl)c2[nH]1. The molecule has 2 N–H and O–H groups in total. The van der Waals surface area contributed by atoms with E-state index in [1.807, 2.05) is 23.6 Å². The molecule has 0 radical (unpaired) electrons. The number of carbonyl (C=O) groups is 1. The minimum Gasteiger partial charge on any atom is -0.349 e. The van der Waals surface area contributed by atoms with Crippen LogP contribution >= 0.6 is 46.1 Å². The minimum absolute atomic E-state index is 0.193. The van der Waals surface area contributed by atoms with Gasteiger partial charge in [-0.25, -0.2) is 4.52 Å². The molecule has 2 aromatic carbocycles. The highest BCUT2D eigenvalue weighted by molar-refractivity contribution is 7.15. The van der Waals surface area contributed by atoms with E-state index in [-0.39, 0.29) is 11.9 Å². The Balaban J connectivity index is 1.47. The molecule has 0 aliphatic heterocycles. The third-order valence-electron chi connectivity index (χ3n) is 4.36. The van der Waals surface area contributed by atoms with E-state index in [0.29, 0.717) is 31.2 Å². The molecule has 1 amide bonds. The van der Waals surface area contributed by atoms with Gasteiger partial charge >= 0.3 is 0 Å². The van der Waals surface area contributed by atoms with E-state index in [4.69, 9.17) is 34.8 Å². The molecule has 0 unspecified atom stereocenters. The van der Waals surface area contributed by atoms with Gasteiger partial charge in [0.25, 0.3) is 11.9 Å². The number of aromatic amines is 1. The molecule has 0 bridgehead atoms. The van der Waals surface area contributed by atoms with Gasteiger partial charge in [-0.05, 0) is 30.3 Å². The molecule has 0 saturated heterocycles. The van der Waals surface area contributed by atoms with Crippen LogP contribution in [0.15, 0.2) is 47.8 Å². The first-order valence-electron chi connectivity index (χ1n) is 8.38. The highest BCUT2D eigenvalue weighted by Gasteiger charge is 2.17. The van der Waals surface area contributed by atoms with Crippen LogP contribution in [-0.4, -0.2) is 25.5 Å². The number of amides is 1. The van der Waals surface area contributed by atoms with Gasteiger partial charge in [-0.1, -0.05) is 46.9 Å². The first-order valence-corrected chi connectivity index (χ1v) is 10.4. The Bertz CT molecular complexity index is 1400. The second kappa shape index (κ2) is 7.03. The fourth-order valence-corrected chi connectivity index (χ4v) is 4.58. The zero-order valence-corrected chi connectivity index (χ0v) is 17.5. The van der Waals surface area contributed by atoms with Crippen LogP contribution in [0.4, 0.5) is 5.95 Å². The number of halogens is 3. The first kappa shape index (κ1) is 18.4. The van der Waals surface area contributed by atoms with Crippen molar-refractivity contribution < 1.29 is 4.79 Å². The molecule has 3 aromatic heterocycles. The number of anilines is 1. The van der Waals surface area contributed by atoms with Crippen LogP contribution < -0.4 is 5.32 Å². The van der Waals surface area contributed by atoms with E-state index in [1.165, 1.54) is 11.3 Å². The maximum absolute atomic E-state index is 12.6. The fraction of sp³-hybridized carbons (Fsp3) is 0. The van der Waals surface area contributed by atoms with Crippen LogP contribution in [0.1, 0.15) is 10.5 Å². The number of para-hydroxylation sites is 1. The van der Waals surface area contributed by atoms with Gasteiger partial charge in [-0.3, -0.25) is 10.1 Å². The molecule has 5 rings (SSSR count). The molecule has 0 saturated carbocycles. The number of hydrogen-bond acceptors (Lipinski definition) is 4. The molecular weight excluding hydrogens is 453 g/mol. The lowest BCUT2D eigenvalue weighted by molar-refractivity contribution is 0.102. The molecule has 10 heteroatoms. The molecule has 0 atom stereocenters. The highest BCUT2D eigenvalue weighted by atomic mass is 35.5. The topological polar surface area (TPSA) is 75.1 Å². The van der Waals surface area contributed by atoms with Crippen molar-refractivity contribution in [2.45, 2.75) is 0 Å². The summed E-state index contributed by atoms with van der Waals surface area (Å²) >= 11 is 19.9. The molecule has 5 aromatic rings. The fourth-order valence-electron chi connectivity index (χ4n) is 3.03. The molecule has 6 nitrogen and oxygen atoms in total. The van der Waals surface area contributed by atoms with E-state index in [9.17, 15) is 4.79 Å². The van der Waals surface area contributed by atoms with Crippen molar-refractivity contribution >= 4 is 73.9 Å². The zero-order chi connectivity index (χ0) is 20.1.